The molecule has 18 heavy (non-hydrogen) atoms. The molecule has 1 aromatic heterocycles. The summed E-state index contributed by atoms with van der Waals surface area (Å²) in [6.07, 6.45) is 1.15. The van der Waals surface area contributed by atoms with Gasteiger partial charge in [0.15, 0.2) is 0 Å². The van der Waals surface area contributed by atoms with Crippen LogP contribution in [0.25, 0.3) is 0 Å². The molecule has 0 aliphatic carbocycles. The molecule has 0 fully saturated rings. The van der Waals surface area contributed by atoms with Gasteiger partial charge in [0.1, 0.15) is 0 Å². The number of nitrogens with zero attached hydrogens (tertiary/aromatic N) is 2. The molecule has 0 aliphatic rings. The summed E-state index contributed by atoms with van der Waals surface area (Å²) in [5.74, 6) is 0. The summed E-state index contributed by atoms with van der Waals surface area (Å²) < 4.78 is 7.44. The molecule has 0 aromatic carbocycles. The summed E-state index contributed by atoms with van der Waals surface area (Å²) in [6, 6.07) is 0. The molecule has 0 saturated carbocycles. The normalized spacial score (nSPS) is 11.4. The molecule has 4 nitrogen and oxygen atoms in total. The van der Waals surface area contributed by atoms with Gasteiger partial charge in [0.25, 0.3) is 0 Å². The predicted molar refractivity (Wildman–Crippen MR) is 75.1 cm³/mol. The van der Waals surface area contributed by atoms with Crippen LogP contribution in [0.15, 0.2) is 0 Å². The molecule has 0 atom stereocenters. The van der Waals surface area contributed by atoms with Gasteiger partial charge >= 0.3 is 0 Å². The summed E-state index contributed by atoms with van der Waals surface area (Å²) in [6.45, 7) is 11.4. The van der Waals surface area contributed by atoms with Gasteiger partial charge in [-0.2, -0.15) is 5.10 Å². The van der Waals surface area contributed by atoms with E-state index < -0.39 is 0 Å². The second kappa shape index (κ2) is 7.77. The Labute approximate surface area is 115 Å². The molecule has 1 heterocycles. The van der Waals surface area contributed by atoms with E-state index in [1.165, 1.54) is 0 Å². The lowest BCUT2D eigenvalue weighted by atomic mass is 10.3. The number of halogens is 1. The van der Waals surface area contributed by atoms with Crippen LogP contribution in [0.2, 0.25) is 5.02 Å². The minimum absolute atomic E-state index is 0.281. The average molecular weight is 274 g/mol. The third-order valence-electron chi connectivity index (χ3n) is 2.72. The molecule has 104 valence electrons. The number of hydrogen-bond acceptors (Lipinski definition) is 3. The van der Waals surface area contributed by atoms with Crippen molar-refractivity contribution < 1.29 is 4.74 Å². The second-order valence-corrected chi connectivity index (χ2v) is 4.85. The number of rotatable bonds is 8. The highest BCUT2D eigenvalue weighted by Crippen LogP contribution is 2.21. The monoisotopic (exact) mass is 273 g/mol. The number of nitrogens with one attached hydrogen (secondary N) is 1. The quantitative estimate of drug-likeness (QED) is 0.740. The van der Waals surface area contributed by atoms with E-state index >= 15 is 0 Å². The van der Waals surface area contributed by atoms with Crippen molar-refractivity contribution in [1.82, 2.24) is 15.1 Å². The highest BCUT2D eigenvalue weighted by atomic mass is 35.5. The van der Waals surface area contributed by atoms with E-state index in [1.54, 1.807) is 0 Å². The lowest BCUT2D eigenvalue weighted by molar-refractivity contribution is 0.0806. The molecule has 1 aromatic rings. The lowest BCUT2D eigenvalue weighted by Crippen LogP contribution is -2.22. The first-order valence-electron chi connectivity index (χ1n) is 6.66. The van der Waals surface area contributed by atoms with Crippen molar-refractivity contribution in [2.75, 3.05) is 13.2 Å². The summed E-state index contributed by atoms with van der Waals surface area (Å²) >= 11 is 6.32. The van der Waals surface area contributed by atoms with Gasteiger partial charge < -0.3 is 10.1 Å². The largest absolute Gasteiger partial charge is 0.377 e. The van der Waals surface area contributed by atoms with Gasteiger partial charge in [0.2, 0.25) is 0 Å². The Bertz CT molecular complexity index is 363. The van der Waals surface area contributed by atoms with Crippen LogP contribution in [-0.4, -0.2) is 29.0 Å². The lowest BCUT2D eigenvalue weighted by Gasteiger charge is -2.09. The minimum Gasteiger partial charge on any atom is -0.377 e. The van der Waals surface area contributed by atoms with Crippen LogP contribution in [-0.2, 0) is 24.2 Å². The second-order valence-electron chi connectivity index (χ2n) is 4.47. The van der Waals surface area contributed by atoms with Crippen molar-refractivity contribution in [3.63, 3.8) is 0 Å². The van der Waals surface area contributed by atoms with Crippen molar-refractivity contribution in [3.8, 4) is 0 Å². The van der Waals surface area contributed by atoms with E-state index in [0.717, 1.165) is 49.1 Å². The summed E-state index contributed by atoms with van der Waals surface area (Å²) in [7, 11) is 0. The third kappa shape index (κ3) is 4.26. The fourth-order valence-electron chi connectivity index (χ4n) is 1.76. The molecule has 0 aliphatic heterocycles. The van der Waals surface area contributed by atoms with Crippen molar-refractivity contribution in [3.05, 3.63) is 16.4 Å². The highest BCUT2D eigenvalue weighted by molar-refractivity contribution is 6.31. The van der Waals surface area contributed by atoms with Crippen LogP contribution in [0.4, 0.5) is 0 Å². The van der Waals surface area contributed by atoms with Crippen LogP contribution in [0.5, 0.6) is 0 Å². The Kier molecular flexibility index (Phi) is 6.68. The van der Waals surface area contributed by atoms with Crippen LogP contribution in [0.1, 0.15) is 39.1 Å². The molecule has 0 saturated heterocycles. The van der Waals surface area contributed by atoms with Crippen LogP contribution < -0.4 is 5.32 Å². The minimum atomic E-state index is 0.281. The van der Waals surface area contributed by atoms with Crippen molar-refractivity contribution in [2.24, 2.45) is 0 Å². The van der Waals surface area contributed by atoms with Gasteiger partial charge in [-0.1, -0.05) is 18.5 Å². The van der Waals surface area contributed by atoms with Gasteiger partial charge in [-0.25, -0.2) is 0 Å². The molecule has 0 bridgehead atoms. The molecule has 0 amide bonds. The molecule has 0 radical (unpaired) electrons. The van der Waals surface area contributed by atoms with E-state index in [1.807, 2.05) is 18.5 Å². The molecular formula is C13H24ClN3O. The van der Waals surface area contributed by atoms with Crippen LogP contribution in [0.3, 0.4) is 0 Å². The first-order valence-corrected chi connectivity index (χ1v) is 7.04. The van der Waals surface area contributed by atoms with Gasteiger partial charge in [0.05, 0.1) is 29.1 Å². The average Bonchev–Trinajstić information content (AvgIpc) is 2.65. The molecule has 0 unspecified atom stereocenters. The Morgan fingerprint density at radius 2 is 2.11 bits per heavy atom. The predicted octanol–water partition coefficient (Wildman–Crippen LogP) is 2.63. The fourth-order valence-corrected chi connectivity index (χ4v) is 2.10. The van der Waals surface area contributed by atoms with Crippen LogP contribution >= 0.6 is 11.6 Å². The molecule has 1 rings (SSSR count). The zero-order valence-corrected chi connectivity index (χ0v) is 12.5. The van der Waals surface area contributed by atoms with Gasteiger partial charge in [-0.05, 0) is 27.2 Å². The third-order valence-corrected chi connectivity index (χ3v) is 3.15. The Morgan fingerprint density at radius 1 is 1.39 bits per heavy atom. The zero-order valence-electron chi connectivity index (χ0n) is 11.8. The van der Waals surface area contributed by atoms with Gasteiger partial charge in [-0.15, -0.1) is 0 Å². The highest BCUT2D eigenvalue weighted by Gasteiger charge is 2.13. The topological polar surface area (TPSA) is 39.1 Å². The van der Waals surface area contributed by atoms with Gasteiger partial charge in [-0.3, -0.25) is 4.68 Å². The van der Waals surface area contributed by atoms with Crippen molar-refractivity contribution >= 4 is 11.6 Å². The maximum Gasteiger partial charge on any atom is 0.0863 e. The number of aromatic nitrogens is 2. The number of hydrogen-bond donors (Lipinski definition) is 1. The Balaban J connectivity index is 2.48. The first-order chi connectivity index (χ1) is 8.60. The van der Waals surface area contributed by atoms with Gasteiger partial charge in [0, 0.05) is 19.6 Å². The van der Waals surface area contributed by atoms with E-state index in [-0.39, 0.29) is 6.10 Å². The van der Waals surface area contributed by atoms with E-state index in [9.17, 15) is 0 Å². The summed E-state index contributed by atoms with van der Waals surface area (Å²) in [5.41, 5.74) is 2.05. The summed E-state index contributed by atoms with van der Waals surface area (Å²) in [4.78, 5) is 0. The van der Waals surface area contributed by atoms with E-state index in [2.05, 4.69) is 24.3 Å². The number of aryl methyl sites for hydroxylation is 2. The SMILES string of the molecule is CCc1nn(CC)c(CNCCOC(C)C)c1Cl. The zero-order chi connectivity index (χ0) is 13.5. The van der Waals surface area contributed by atoms with Crippen molar-refractivity contribution in [2.45, 2.75) is 53.3 Å². The molecule has 1 N–H and O–H groups in total. The maximum atomic E-state index is 6.32. The Hall–Kier alpha value is -0.580. The summed E-state index contributed by atoms with van der Waals surface area (Å²) in [5, 5.41) is 8.63. The molecule has 5 heteroatoms. The van der Waals surface area contributed by atoms with Crippen LogP contribution in [0, 0.1) is 0 Å². The smallest absolute Gasteiger partial charge is 0.0863 e. The molecule has 0 spiro atoms. The maximum absolute atomic E-state index is 6.32. The standard InChI is InChI=1S/C13H24ClN3O/c1-5-11-13(14)12(17(6-2)16-11)9-15-7-8-18-10(3)4/h10,15H,5-9H2,1-4H3. The first kappa shape index (κ1) is 15.5. The fraction of sp³-hybridized carbons (Fsp3) is 0.769. The van der Waals surface area contributed by atoms with E-state index in [0.29, 0.717) is 0 Å². The van der Waals surface area contributed by atoms with Crippen molar-refractivity contribution in [1.29, 1.82) is 0 Å². The molecular weight excluding hydrogens is 250 g/mol. The number of ether oxygens (including phenoxy) is 1. The Morgan fingerprint density at radius 3 is 2.67 bits per heavy atom. The van der Waals surface area contributed by atoms with E-state index in [4.69, 9.17) is 16.3 Å².